The monoisotopic (exact) mass is 495 g/mol. The van der Waals surface area contributed by atoms with Crippen LogP contribution in [0.4, 0.5) is 32.4 Å². The van der Waals surface area contributed by atoms with E-state index < -0.39 is 12.8 Å². The van der Waals surface area contributed by atoms with E-state index in [-0.39, 0.29) is 11.7 Å². The van der Waals surface area contributed by atoms with Crippen LogP contribution < -0.4 is 21.3 Å². The minimum absolute atomic E-state index is 0.206. The lowest BCUT2D eigenvalue weighted by Gasteiger charge is -2.13. The number of aliphatic hydroxyl groups is 1. The number of anilines is 5. The predicted molar refractivity (Wildman–Crippen MR) is 143 cm³/mol. The maximum atomic E-state index is 12.6. The quantitative estimate of drug-likeness (QED) is 0.270. The molecular formula is C26H30FN5O2S. The van der Waals surface area contributed by atoms with Gasteiger partial charge in [-0.05, 0) is 61.9 Å². The molecule has 0 aliphatic carbocycles. The minimum Gasteiger partial charge on any atom is -0.387 e. The first-order chi connectivity index (χ1) is 16.8. The van der Waals surface area contributed by atoms with Crippen LogP contribution in [0, 0.1) is 0 Å². The van der Waals surface area contributed by atoms with Gasteiger partial charge in [0.2, 0.25) is 0 Å². The number of nitrogens with zero attached hydrogens (tertiary/aromatic N) is 2. The molecule has 0 bridgehead atoms. The number of benzene rings is 2. The van der Waals surface area contributed by atoms with Gasteiger partial charge in [-0.1, -0.05) is 35.1 Å². The van der Waals surface area contributed by atoms with Crippen molar-refractivity contribution in [1.82, 2.24) is 4.98 Å². The van der Waals surface area contributed by atoms with Gasteiger partial charge in [0.05, 0.1) is 11.0 Å². The second-order valence-electron chi connectivity index (χ2n) is 8.18. The number of hydrogen-bond donors (Lipinski definition) is 4. The number of halogens is 1. The molecule has 9 heteroatoms. The van der Waals surface area contributed by atoms with E-state index in [0.29, 0.717) is 22.0 Å². The second kappa shape index (κ2) is 12.1. The van der Waals surface area contributed by atoms with Crippen molar-refractivity contribution in [1.29, 1.82) is 0 Å². The van der Waals surface area contributed by atoms with Gasteiger partial charge in [-0.2, -0.15) is 0 Å². The maximum Gasteiger partial charge on any atom is 0.255 e. The van der Waals surface area contributed by atoms with Gasteiger partial charge in [0, 0.05) is 36.7 Å². The average molecular weight is 496 g/mol. The van der Waals surface area contributed by atoms with Crippen molar-refractivity contribution in [2.24, 2.45) is 0 Å². The van der Waals surface area contributed by atoms with Crippen LogP contribution in [-0.2, 0) is 0 Å². The van der Waals surface area contributed by atoms with Crippen molar-refractivity contribution in [3.05, 3.63) is 82.8 Å². The number of hydrogen-bond acceptors (Lipinski definition) is 7. The Morgan fingerprint density at radius 2 is 1.83 bits per heavy atom. The van der Waals surface area contributed by atoms with Gasteiger partial charge in [0.1, 0.15) is 12.5 Å². The average Bonchev–Trinajstić information content (AvgIpc) is 3.20. The summed E-state index contributed by atoms with van der Waals surface area (Å²) in [5.41, 5.74) is 9.94. The molecule has 1 atom stereocenters. The number of rotatable bonds is 10. The van der Waals surface area contributed by atoms with E-state index >= 15 is 0 Å². The molecule has 0 saturated carbocycles. The molecule has 0 aliphatic heterocycles. The van der Waals surface area contributed by atoms with Gasteiger partial charge < -0.3 is 26.4 Å². The van der Waals surface area contributed by atoms with Crippen LogP contribution in [0.2, 0.25) is 0 Å². The third-order valence-electron chi connectivity index (χ3n) is 5.14. The number of alkyl halides is 1. The minimum atomic E-state index is -0.809. The van der Waals surface area contributed by atoms with Gasteiger partial charge in [0.25, 0.3) is 5.91 Å². The molecule has 3 aromatic rings. The van der Waals surface area contributed by atoms with E-state index in [1.165, 1.54) is 17.4 Å². The van der Waals surface area contributed by atoms with Crippen LogP contribution in [0.15, 0.2) is 72.3 Å². The van der Waals surface area contributed by atoms with Crippen molar-refractivity contribution < 1.29 is 14.3 Å². The van der Waals surface area contributed by atoms with E-state index in [9.17, 15) is 14.3 Å². The molecule has 184 valence electrons. The summed E-state index contributed by atoms with van der Waals surface area (Å²) in [5, 5.41) is 17.1. The molecule has 0 radical (unpaired) electrons. The molecule has 0 fully saturated rings. The van der Waals surface area contributed by atoms with E-state index in [1.54, 1.807) is 36.4 Å². The highest BCUT2D eigenvalue weighted by Gasteiger charge is 2.17. The summed E-state index contributed by atoms with van der Waals surface area (Å²) < 4.78 is 12.2. The Morgan fingerprint density at radius 1 is 1.17 bits per heavy atom. The number of amides is 1. The summed E-state index contributed by atoms with van der Waals surface area (Å²) in [6.07, 6.45) is 4.34. The highest BCUT2D eigenvalue weighted by Crippen LogP contribution is 2.35. The Balaban J connectivity index is 1.61. The Kier molecular flexibility index (Phi) is 8.99. The van der Waals surface area contributed by atoms with Gasteiger partial charge in [-0.15, -0.1) is 0 Å². The Bertz CT molecular complexity index is 1190. The topological polar surface area (TPSA) is 104 Å². The van der Waals surface area contributed by atoms with Crippen LogP contribution >= 0.6 is 11.3 Å². The summed E-state index contributed by atoms with van der Waals surface area (Å²) in [6.45, 7) is 1.33. The molecule has 0 aliphatic rings. The number of nitrogen functional groups attached to an aromatic ring is 1. The lowest BCUT2D eigenvalue weighted by atomic mass is 10.1. The smallest absolute Gasteiger partial charge is 0.255 e. The van der Waals surface area contributed by atoms with E-state index in [0.717, 1.165) is 22.6 Å². The summed E-state index contributed by atoms with van der Waals surface area (Å²) in [7, 11) is 3.92. The zero-order valence-electron chi connectivity index (χ0n) is 20.0. The first kappa shape index (κ1) is 25.9. The molecule has 0 spiro atoms. The SMILES string of the molecule is C/C(=C/C=C\CF)CC(O)c1sc(Nc2ccc(C(=O)Nc3ccc(N(C)C)cc3)cc2)nc1N. The highest BCUT2D eigenvalue weighted by atomic mass is 32.1. The zero-order chi connectivity index (χ0) is 25.4. The van der Waals surface area contributed by atoms with Crippen LogP contribution in [-0.4, -0.2) is 36.8 Å². The molecule has 7 nitrogen and oxygen atoms in total. The van der Waals surface area contributed by atoms with Crippen LogP contribution in [0.3, 0.4) is 0 Å². The molecule has 5 N–H and O–H groups in total. The van der Waals surface area contributed by atoms with Crippen molar-refractivity contribution in [2.75, 3.05) is 42.0 Å². The zero-order valence-corrected chi connectivity index (χ0v) is 20.8. The molecule has 0 saturated heterocycles. The van der Waals surface area contributed by atoms with Crippen molar-refractivity contribution in [3.63, 3.8) is 0 Å². The number of aromatic nitrogens is 1. The summed E-state index contributed by atoms with van der Waals surface area (Å²) in [6, 6.07) is 14.6. The number of carbonyl (C=O) groups excluding carboxylic acids is 1. The van der Waals surface area contributed by atoms with Crippen molar-refractivity contribution in [3.8, 4) is 0 Å². The third-order valence-corrected chi connectivity index (χ3v) is 6.23. The fourth-order valence-corrected chi connectivity index (χ4v) is 4.15. The Morgan fingerprint density at radius 3 is 2.46 bits per heavy atom. The van der Waals surface area contributed by atoms with Gasteiger partial charge in [-0.3, -0.25) is 4.79 Å². The maximum absolute atomic E-state index is 12.6. The summed E-state index contributed by atoms with van der Waals surface area (Å²) in [5.74, 6) is 0.0521. The first-order valence-electron chi connectivity index (χ1n) is 11.0. The summed E-state index contributed by atoms with van der Waals surface area (Å²) >= 11 is 1.26. The number of carbonyl (C=O) groups is 1. The van der Waals surface area contributed by atoms with Crippen molar-refractivity contribution in [2.45, 2.75) is 19.4 Å². The molecular weight excluding hydrogens is 465 g/mol. The fraction of sp³-hybridized carbons (Fsp3) is 0.231. The van der Waals surface area contributed by atoms with E-state index in [2.05, 4.69) is 15.6 Å². The lowest BCUT2D eigenvalue weighted by molar-refractivity contribution is 0.102. The molecule has 1 unspecified atom stereocenters. The predicted octanol–water partition coefficient (Wildman–Crippen LogP) is 5.68. The number of nitrogens with one attached hydrogen (secondary N) is 2. The Hall–Kier alpha value is -3.69. The van der Waals surface area contributed by atoms with E-state index in [4.69, 9.17) is 5.73 Å². The molecule has 1 amide bonds. The van der Waals surface area contributed by atoms with Crippen LogP contribution in [0.5, 0.6) is 0 Å². The number of aliphatic hydroxyl groups excluding tert-OH is 1. The van der Waals surface area contributed by atoms with Crippen LogP contribution in [0.1, 0.15) is 34.7 Å². The molecule has 1 aromatic heterocycles. The van der Waals surface area contributed by atoms with Gasteiger partial charge in [0.15, 0.2) is 5.13 Å². The molecule has 3 rings (SSSR count). The van der Waals surface area contributed by atoms with Gasteiger partial charge >= 0.3 is 0 Å². The number of nitrogens with two attached hydrogens (primary N) is 1. The standard InChI is InChI=1S/C26H30FN5O2S/c1-17(6-4-5-15-27)16-22(33)23-24(28)31-26(35-23)30-20-9-7-18(8-10-20)25(34)29-19-11-13-21(14-12-19)32(2)3/h4-14,22,33H,15-16,28H2,1-3H3,(H,29,34)(H,30,31)/b5-4-,17-6-. The summed E-state index contributed by atoms with van der Waals surface area (Å²) in [4.78, 5) is 19.4. The third kappa shape index (κ3) is 7.40. The molecule has 35 heavy (non-hydrogen) atoms. The lowest BCUT2D eigenvalue weighted by Crippen LogP contribution is -2.12. The molecule has 1 heterocycles. The van der Waals surface area contributed by atoms with E-state index in [1.807, 2.05) is 50.2 Å². The van der Waals surface area contributed by atoms with Crippen molar-refractivity contribution >= 4 is 45.3 Å². The second-order valence-corrected chi connectivity index (χ2v) is 9.21. The normalized spacial score (nSPS) is 12.5. The largest absolute Gasteiger partial charge is 0.387 e. The number of allylic oxidation sites excluding steroid dienone is 3. The van der Waals surface area contributed by atoms with Gasteiger partial charge in [-0.25, -0.2) is 9.37 Å². The van der Waals surface area contributed by atoms with Crippen LogP contribution in [0.25, 0.3) is 0 Å². The number of thiazole rings is 1. The fourth-order valence-electron chi connectivity index (χ4n) is 3.26. The highest BCUT2D eigenvalue weighted by molar-refractivity contribution is 7.16. The molecule has 2 aromatic carbocycles. The first-order valence-corrected chi connectivity index (χ1v) is 11.9. The Labute approximate surface area is 208 Å².